The number of anilines is 3. The van der Waals surface area contributed by atoms with Gasteiger partial charge in [-0.25, -0.2) is 9.97 Å². The third-order valence-corrected chi connectivity index (χ3v) is 4.64. The van der Waals surface area contributed by atoms with Crippen LogP contribution in [-0.2, 0) is 12.8 Å². The molecule has 0 fully saturated rings. The number of fused-ring (bicyclic) bond motifs is 3. The molecule has 1 aliphatic rings. The van der Waals surface area contributed by atoms with Crippen LogP contribution in [-0.4, -0.2) is 21.2 Å². The predicted molar refractivity (Wildman–Crippen MR) is 97.2 cm³/mol. The average molecular weight is 320 g/mol. The Hall–Kier alpha value is -2.89. The van der Waals surface area contributed by atoms with E-state index in [4.69, 9.17) is 11.1 Å². The van der Waals surface area contributed by atoms with E-state index in [1.165, 1.54) is 36.7 Å². The largest absolute Gasteiger partial charge is 0.398 e. The molecule has 24 heavy (non-hydrogen) atoms. The van der Waals surface area contributed by atoms with E-state index in [2.05, 4.69) is 20.3 Å². The summed E-state index contributed by atoms with van der Waals surface area (Å²) in [7, 11) is 0. The molecule has 0 saturated heterocycles. The van der Waals surface area contributed by atoms with Gasteiger partial charge in [-0.1, -0.05) is 6.42 Å². The number of H-pyrrole nitrogens is 1. The molecule has 0 unspecified atom stereocenters. The number of nitrogen functional groups attached to an aromatic ring is 1. The molecule has 3 aromatic rings. The molecular formula is C18H20N6. The maximum atomic E-state index is 7.45. The highest BCUT2D eigenvalue weighted by Gasteiger charge is 2.18. The minimum atomic E-state index is 0.596. The van der Waals surface area contributed by atoms with Gasteiger partial charge >= 0.3 is 0 Å². The molecule has 6 heteroatoms. The van der Waals surface area contributed by atoms with Crippen LogP contribution in [0.15, 0.2) is 24.5 Å². The summed E-state index contributed by atoms with van der Waals surface area (Å²) in [6.07, 6.45) is 8.66. The lowest BCUT2D eigenvalue weighted by molar-refractivity contribution is 0.708. The Morgan fingerprint density at radius 1 is 1.17 bits per heavy atom. The first-order chi connectivity index (χ1) is 11.8. The van der Waals surface area contributed by atoms with E-state index in [9.17, 15) is 0 Å². The molecule has 2 aromatic heterocycles. The van der Waals surface area contributed by atoms with Gasteiger partial charge in [-0.15, -0.1) is 0 Å². The summed E-state index contributed by atoms with van der Waals surface area (Å²) in [6, 6.07) is 5.57. The van der Waals surface area contributed by atoms with E-state index in [-0.39, 0.29) is 0 Å². The zero-order valence-corrected chi connectivity index (χ0v) is 13.4. The van der Waals surface area contributed by atoms with Crippen LogP contribution in [0, 0.1) is 5.41 Å². The number of nitrogens with two attached hydrogens (primary N) is 1. The molecular weight excluding hydrogens is 300 g/mol. The maximum Gasteiger partial charge on any atom is 0.143 e. The molecule has 0 atom stereocenters. The summed E-state index contributed by atoms with van der Waals surface area (Å²) >= 11 is 0. The molecule has 1 aliphatic carbocycles. The van der Waals surface area contributed by atoms with Crippen LogP contribution in [0.1, 0.15) is 36.1 Å². The van der Waals surface area contributed by atoms with Crippen molar-refractivity contribution in [3.63, 3.8) is 0 Å². The van der Waals surface area contributed by atoms with Gasteiger partial charge in [0.25, 0.3) is 0 Å². The van der Waals surface area contributed by atoms with Crippen molar-refractivity contribution in [2.24, 2.45) is 0 Å². The second-order valence-electron chi connectivity index (χ2n) is 6.20. The van der Waals surface area contributed by atoms with Gasteiger partial charge in [0.1, 0.15) is 17.8 Å². The molecule has 0 spiro atoms. The standard InChI is InChI=1S/C18H20N6/c19-9-11-8-12(6-7-14(11)20)23-17-16-13-4-2-1-3-5-15(13)24-18(16)22-10-21-17/h6-10,19H,1-5,20H2,(H2,21,22,23,24). The highest BCUT2D eigenvalue weighted by molar-refractivity contribution is 5.94. The van der Waals surface area contributed by atoms with Crippen LogP contribution >= 0.6 is 0 Å². The fraction of sp³-hybridized carbons (Fsp3) is 0.278. The number of hydrogen-bond donors (Lipinski definition) is 4. The van der Waals surface area contributed by atoms with Crippen LogP contribution in [0.3, 0.4) is 0 Å². The summed E-state index contributed by atoms with van der Waals surface area (Å²) < 4.78 is 0. The molecule has 0 amide bonds. The number of benzene rings is 1. The SMILES string of the molecule is N=Cc1cc(Nc2ncnc3[nH]c4c(c23)CCCCC4)ccc1N. The molecule has 122 valence electrons. The van der Waals surface area contributed by atoms with E-state index >= 15 is 0 Å². The van der Waals surface area contributed by atoms with Crippen molar-refractivity contribution in [2.75, 3.05) is 11.1 Å². The lowest BCUT2D eigenvalue weighted by Gasteiger charge is -2.10. The zero-order chi connectivity index (χ0) is 16.5. The second kappa shape index (κ2) is 5.96. The van der Waals surface area contributed by atoms with Gasteiger partial charge < -0.3 is 21.4 Å². The van der Waals surface area contributed by atoms with Crippen molar-refractivity contribution >= 4 is 34.4 Å². The maximum absolute atomic E-state index is 7.45. The highest BCUT2D eigenvalue weighted by atomic mass is 15.0. The molecule has 4 rings (SSSR count). The molecule has 0 radical (unpaired) electrons. The van der Waals surface area contributed by atoms with Gasteiger partial charge in [0.2, 0.25) is 0 Å². The number of hydrogen-bond acceptors (Lipinski definition) is 5. The third kappa shape index (κ3) is 2.50. The van der Waals surface area contributed by atoms with Crippen LogP contribution in [0.5, 0.6) is 0 Å². The van der Waals surface area contributed by atoms with Gasteiger partial charge in [-0.3, -0.25) is 0 Å². The van der Waals surface area contributed by atoms with Crippen LogP contribution in [0.25, 0.3) is 11.0 Å². The monoisotopic (exact) mass is 320 g/mol. The third-order valence-electron chi connectivity index (χ3n) is 4.64. The number of aromatic nitrogens is 3. The van der Waals surface area contributed by atoms with E-state index in [0.29, 0.717) is 11.3 Å². The summed E-state index contributed by atoms with van der Waals surface area (Å²) in [5.41, 5.74) is 11.5. The fourth-order valence-electron chi connectivity index (χ4n) is 3.41. The van der Waals surface area contributed by atoms with E-state index < -0.39 is 0 Å². The topological polar surface area (TPSA) is 103 Å². The van der Waals surface area contributed by atoms with Crippen molar-refractivity contribution in [1.82, 2.24) is 15.0 Å². The molecule has 0 saturated carbocycles. The Morgan fingerprint density at radius 3 is 2.92 bits per heavy atom. The summed E-state index contributed by atoms with van der Waals surface area (Å²) in [5, 5.41) is 11.9. The minimum Gasteiger partial charge on any atom is -0.398 e. The Morgan fingerprint density at radius 2 is 2.04 bits per heavy atom. The number of nitrogens with zero attached hydrogens (tertiary/aromatic N) is 2. The van der Waals surface area contributed by atoms with E-state index in [1.54, 1.807) is 12.4 Å². The molecule has 1 aromatic carbocycles. The molecule has 0 aliphatic heterocycles. The van der Waals surface area contributed by atoms with Crippen LogP contribution < -0.4 is 11.1 Å². The van der Waals surface area contributed by atoms with Crippen molar-refractivity contribution in [3.05, 3.63) is 41.3 Å². The zero-order valence-electron chi connectivity index (χ0n) is 13.4. The molecule has 0 bridgehead atoms. The summed E-state index contributed by atoms with van der Waals surface area (Å²) in [6.45, 7) is 0. The molecule has 5 N–H and O–H groups in total. The lowest BCUT2D eigenvalue weighted by atomic mass is 10.1. The molecule has 2 heterocycles. The van der Waals surface area contributed by atoms with Crippen molar-refractivity contribution < 1.29 is 0 Å². The van der Waals surface area contributed by atoms with Gasteiger partial charge in [0, 0.05) is 28.8 Å². The number of nitrogens with one attached hydrogen (secondary N) is 3. The lowest BCUT2D eigenvalue weighted by Crippen LogP contribution is -1.99. The number of aryl methyl sites for hydroxylation is 2. The predicted octanol–water partition coefficient (Wildman–Crippen LogP) is 3.55. The van der Waals surface area contributed by atoms with Crippen molar-refractivity contribution in [1.29, 1.82) is 5.41 Å². The fourth-order valence-corrected chi connectivity index (χ4v) is 3.41. The highest BCUT2D eigenvalue weighted by Crippen LogP contribution is 2.32. The number of rotatable bonds is 3. The van der Waals surface area contributed by atoms with Gasteiger partial charge in [-0.2, -0.15) is 0 Å². The Balaban J connectivity index is 1.79. The Kier molecular flexibility index (Phi) is 3.65. The van der Waals surface area contributed by atoms with E-state index in [1.807, 2.05) is 12.1 Å². The first-order valence-electron chi connectivity index (χ1n) is 8.27. The first kappa shape index (κ1) is 14.7. The molecule has 6 nitrogen and oxygen atoms in total. The van der Waals surface area contributed by atoms with E-state index in [0.717, 1.165) is 35.4 Å². The quantitative estimate of drug-likeness (QED) is 0.336. The van der Waals surface area contributed by atoms with Gasteiger partial charge in [-0.05, 0) is 49.4 Å². The average Bonchev–Trinajstić information content (AvgIpc) is 2.79. The number of aromatic amines is 1. The Labute approximate surface area is 140 Å². The minimum absolute atomic E-state index is 0.596. The van der Waals surface area contributed by atoms with Gasteiger partial charge in [0.05, 0.1) is 5.39 Å². The van der Waals surface area contributed by atoms with Crippen LogP contribution in [0.2, 0.25) is 0 Å². The van der Waals surface area contributed by atoms with Crippen molar-refractivity contribution in [3.8, 4) is 0 Å². The van der Waals surface area contributed by atoms with Crippen LogP contribution in [0.4, 0.5) is 17.2 Å². The second-order valence-corrected chi connectivity index (χ2v) is 6.20. The summed E-state index contributed by atoms with van der Waals surface area (Å²) in [4.78, 5) is 12.3. The Bertz CT molecular complexity index is 911. The van der Waals surface area contributed by atoms with Gasteiger partial charge in [0.15, 0.2) is 0 Å². The first-order valence-corrected chi connectivity index (χ1v) is 8.27. The smallest absolute Gasteiger partial charge is 0.143 e. The summed E-state index contributed by atoms with van der Waals surface area (Å²) in [5.74, 6) is 0.806. The van der Waals surface area contributed by atoms with Crippen molar-refractivity contribution in [2.45, 2.75) is 32.1 Å². The normalized spacial score (nSPS) is 14.2.